The number of aromatic nitrogens is 3. The molecule has 0 aliphatic carbocycles. The normalized spacial score (nSPS) is 11.3. The summed E-state index contributed by atoms with van der Waals surface area (Å²) in [5.41, 5.74) is 10.5. The number of rotatable bonds is 8. The van der Waals surface area contributed by atoms with E-state index in [0.717, 1.165) is 55.7 Å². The predicted octanol–water partition coefficient (Wildman–Crippen LogP) is 15.1. The van der Waals surface area contributed by atoms with E-state index in [4.69, 9.17) is 15.0 Å². The summed E-state index contributed by atoms with van der Waals surface area (Å²) in [6.45, 7) is 0. The highest BCUT2D eigenvalue weighted by Gasteiger charge is 2.23. The van der Waals surface area contributed by atoms with Crippen LogP contribution in [-0.4, -0.2) is 15.0 Å². The second kappa shape index (κ2) is 15.5. The number of anilines is 3. The molecule has 10 aromatic carbocycles. The maximum atomic E-state index is 5.24. The molecule has 0 saturated heterocycles. The molecule has 0 aliphatic rings. The van der Waals surface area contributed by atoms with Gasteiger partial charge in [0.15, 0.2) is 17.5 Å². The van der Waals surface area contributed by atoms with Gasteiger partial charge in [-0.05, 0) is 85.6 Å². The molecule has 0 fully saturated rings. The molecule has 0 amide bonds. The first-order valence-electron chi connectivity index (χ1n) is 20.6. The summed E-state index contributed by atoms with van der Waals surface area (Å²) in [4.78, 5) is 17.9. The van der Waals surface area contributed by atoms with Gasteiger partial charge in [0.2, 0.25) is 0 Å². The number of benzene rings is 10. The van der Waals surface area contributed by atoms with Gasteiger partial charge in [-0.3, -0.25) is 0 Å². The van der Waals surface area contributed by atoms with Crippen LogP contribution in [0.25, 0.3) is 88.7 Å². The summed E-state index contributed by atoms with van der Waals surface area (Å²) in [5.74, 6) is 1.85. The molecule has 61 heavy (non-hydrogen) atoms. The largest absolute Gasteiger partial charge is 0.310 e. The van der Waals surface area contributed by atoms with Crippen LogP contribution in [0.5, 0.6) is 0 Å². The molecule has 0 radical (unpaired) electrons. The first-order chi connectivity index (χ1) is 30.2. The standard InChI is InChI=1S/C57H38N4/c1-5-17-39(18-6-1)41-29-33-46(34-30-41)61(47-35-31-42(32-36-47)40-19-7-2-8-20-40)53-38-45(37-52-50-27-14-13-25-48(50)49-26-15-16-28-51(49)54(52)53)57-59-55(43-21-9-3-10-22-43)58-56(60-57)44-23-11-4-12-24-44/h1-38H. The lowest BCUT2D eigenvalue weighted by Gasteiger charge is -2.29. The molecule has 1 heterocycles. The summed E-state index contributed by atoms with van der Waals surface area (Å²) >= 11 is 0. The van der Waals surface area contributed by atoms with Crippen LogP contribution < -0.4 is 4.90 Å². The Morgan fingerprint density at radius 2 is 0.574 bits per heavy atom. The SMILES string of the molecule is c1ccc(-c2ccc(N(c3ccc(-c4ccccc4)cc3)c3cc(-c4nc(-c5ccccc5)nc(-c5ccccc5)n4)cc4c5ccccc5c5ccccc5c34)cc2)cc1. The molecule has 0 spiro atoms. The van der Waals surface area contributed by atoms with E-state index in [0.29, 0.717) is 17.5 Å². The molecule has 0 saturated carbocycles. The van der Waals surface area contributed by atoms with Gasteiger partial charge in [0.1, 0.15) is 0 Å². The molecule has 286 valence electrons. The molecule has 0 aliphatic heterocycles. The third kappa shape index (κ3) is 6.76. The molecule has 1 aromatic heterocycles. The van der Waals surface area contributed by atoms with Gasteiger partial charge in [-0.15, -0.1) is 0 Å². The lowest BCUT2D eigenvalue weighted by Crippen LogP contribution is -2.11. The maximum absolute atomic E-state index is 5.24. The van der Waals surface area contributed by atoms with Gasteiger partial charge in [-0.2, -0.15) is 0 Å². The summed E-state index contributed by atoms with van der Waals surface area (Å²) in [5, 5.41) is 7.02. The molecule has 0 bridgehead atoms. The highest BCUT2D eigenvalue weighted by Crippen LogP contribution is 2.47. The van der Waals surface area contributed by atoms with Crippen LogP contribution >= 0.6 is 0 Å². The second-order valence-corrected chi connectivity index (χ2v) is 15.2. The number of fused-ring (bicyclic) bond motifs is 6. The zero-order valence-electron chi connectivity index (χ0n) is 33.2. The molecule has 11 rings (SSSR count). The van der Waals surface area contributed by atoms with Crippen LogP contribution in [-0.2, 0) is 0 Å². The third-order valence-corrected chi connectivity index (χ3v) is 11.5. The Balaban J connectivity index is 1.22. The van der Waals surface area contributed by atoms with E-state index < -0.39 is 0 Å². The molecule has 0 unspecified atom stereocenters. The Morgan fingerprint density at radius 3 is 1.02 bits per heavy atom. The van der Waals surface area contributed by atoms with E-state index in [1.165, 1.54) is 32.7 Å². The lowest BCUT2D eigenvalue weighted by atomic mass is 9.91. The van der Waals surface area contributed by atoms with Gasteiger partial charge in [-0.1, -0.05) is 194 Å². The molecule has 0 atom stereocenters. The average Bonchev–Trinajstić information content (AvgIpc) is 3.35. The maximum Gasteiger partial charge on any atom is 0.164 e. The summed E-state index contributed by atoms with van der Waals surface area (Å²) in [6.07, 6.45) is 0. The van der Waals surface area contributed by atoms with Crippen LogP contribution in [0.2, 0.25) is 0 Å². The van der Waals surface area contributed by atoms with Crippen molar-refractivity contribution in [2.45, 2.75) is 0 Å². The number of nitrogens with zero attached hydrogens (tertiary/aromatic N) is 4. The fourth-order valence-electron chi connectivity index (χ4n) is 8.55. The van der Waals surface area contributed by atoms with Gasteiger partial charge in [0.05, 0.1) is 5.69 Å². The summed E-state index contributed by atoms with van der Waals surface area (Å²) < 4.78 is 0. The van der Waals surface area contributed by atoms with Gasteiger partial charge >= 0.3 is 0 Å². The summed E-state index contributed by atoms with van der Waals surface area (Å²) in [6, 6.07) is 81.4. The van der Waals surface area contributed by atoms with Gasteiger partial charge in [-0.25, -0.2) is 15.0 Å². The van der Waals surface area contributed by atoms with Crippen LogP contribution in [0.4, 0.5) is 17.1 Å². The van der Waals surface area contributed by atoms with Crippen molar-refractivity contribution in [2.75, 3.05) is 4.90 Å². The Hall–Kier alpha value is -8.21. The van der Waals surface area contributed by atoms with Crippen molar-refractivity contribution in [3.05, 3.63) is 231 Å². The first-order valence-corrected chi connectivity index (χ1v) is 20.6. The van der Waals surface area contributed by atoms with Crippen molar-refractivity contribution in [1.82, 2.24) is 15.0 Å². The fourth-order valence-corrected chi connectivity index (χ4v) is 8.55. The fraction of sp³-hybridized carbons (Fsp3) is 0. The van der Waals surface area contributed by atoms with E-state index in [1.54, 1.807) is 0 Å². The van der Waals surface area contributed by atoms with Crippen LogP contribution in [0.15, 0.2) is 231 Å². The monoisotopic (exact) mass is 778 g/mol. The third-order valence-electron chi connectivity index (χ3n) is 11.5. The van der Waals surface area contributed by atoms with Crippen LogP contribution in [0, 0.1) is 0 Å². The van der Waals surface area contributed by atoms with Crippen molar-refractivity contribution in [2.24, 2.45) is 0 Å². The molecular weight excluding hydrogens is 741 g/mol. The predicted molar refractivity (Wildman–Crippen MR) is 254 cm³/mol. The highest BCUT2D eigenvalue weighted by molar-refractivity contribution is 6.29. The van der Waals surface area contributed by atoms with E-state index in [9.17, 15) is 0 Å². The van der Waals surface area contributed by atoms with Crippen LogP contribution in [0.1, 0.15) is 0 Å². The zero-order chi connectivity index (χ0) is 40.5. The minimum absolute atomic E-state index is 0.604. The van der Waals surface area contributed by atoms with Crippen molar-refractivity contribution in [3.8, 4) is 56.4 Å². The molecule has 0 N–H and O–H groups in total. The smallest absolute Gasteiger partial charge is 0.164 e. The number of hydrogen-bond donors (Lipinski definition) is 0. The topological polar surface area (TPSA) is 41.9 Å². The number of hydrogen-bond acceptors (Lipinski definition) is 4. The van der Waals surface area contributed by atoms with E-state index in [1.807, 2.05) is 36.4 Å². The zero-order valence-corrected chi connectivity index (χ0v) is 33.2. The minimum Gasteiger partial charge on any atom is -0.310 e. The van der Waals surface area contributed by atoms with Gasteiger partial charge in [0, 0.05) is 33.5 Å². The first kappa shape index (κ1) is 35.9. The Bertz CT molecular complexity index is 3170. The van der Waals surface area contributed by atoms with E-state index >= 15 is 0 Å². The quantitative estimate of drug-likeness (QED) is 0.144. The average molecular weight is 779 g/mol. The molecule has 4 heteroatoms. The van der Waals surface area contributed by atoms with Crippen molar-refractivity contribution in [1.29, 1.82) is 0 Å². The van der Waals surface area contributed by atoms with Gasteiger partial charge in [0.25, 0.3) is 0 Å². The Morgan fingerprint density at radius 1 is 0.246 bits per heavy atom. The van der Waals surface area contributed by atoms with E-state index in [-0.39, 0.29) is 0 Å². The van der Waals surface area contributed by atoms with Crippen molar-refractivity contribution < 1.29 is 0 Å². The minimum atomic E-state index is 0.604. The van der Waals surface area contributed by atoms with Crippen LogP contribution in [0.3, 0.4) is 0 Å². The Kier molecular flexibility index (Phi) is 9.14. The molecule has 11 aromatic rings. The molecule has 4 nitrogen and oxygen atoms in total. The van der Waals surface area contributed by atoms with Gasteiger partial charge < -0.3 is 4.90 Å². The lowest BCUT2D eigenvalue weighted by molar-refractivity contribution is 1.07. The second-order valence-electron chi connectivity index (χ2n) is 15.2. The molecular formula is C57H38N4. The Labute approximate surface area is 354 Å². The van der Waals surface area contributed by atoms with Crippen molar-refractivity contribution >= 4 is 49.4 Å². The highest BCUT2D eigenvalue weighted by atomic mass is 15.1. The van der Waals surface area contributed by atoms with E-state index in [2.05, 4.69) is 199 Å². The van der Waals surface area contributed by atoms with Crippen molar-refractivity contribution in [3.63, 3.8) is 0 Å². The summed E-state index contributed by atoms with van der Waals surface area (Å²) in [7, 11) is 0.